The van der Waals surface area contributed by atoms with Crippen molar-refractivity contribution in [1.29, 1.82) is 0 Å². The Bertz CT molecular complexity index is 1810. The fraction of sp³-hybridized carbons (Fsp3) is 0.286. The molecule has 0 unspecified atom stereocenters. The number of hydrogen-bond donors (Lipinski definition) is 3. The third-order valence-electron chi connectivity index (χ3n) is 8.10. The van der Waals surface area contributed by atoms with Gasteiger partial charge in [0.2, 0.25) is 0 Å². The molecular formula is C35H39FN8. The van der Waals surface area contributed by atoms with E-state index in [2.05, 4.69) is 60.1 Å². The molecule has 3 N–H and O–H groups in total. The Labute approximate surface area is 257 Å². The fourth-order valence-corrected chi connectivity index (χ4v) is 5.87. The summed E-state index contributed by atoms with van der Waals surface area (Å²) in [4.78, 5) is 17.5. The second-order valence-electron chi connectivity index (χ2n) is 11.6. The third kappa shape index (κ3) is 6.34. The van der Waals surface area contributed by atoms with E-state index in [1.165, 1.54) is 30.5 Å². The number of fused-ring (bicyclic) bond motifs is 1. The molecule has 0 radical (unpaired) electrons. The van der Waals surface area contributed by atoms with Crippen molar-refractivity contribution in [1.82, 2.24) is 34.9 Å². The molecule has 1 fully saturated rings. The Kier molecular flexibility index (Phi) is 8.67. The summed E-state index contributed by atoms with van der Waals surface area (Å²) in [5.74, 6) is 0.300. The van der Waals surface area contributed by atoms with E-state index in [1.807, 2.05) is 51.6 Å². The molecule has 0 aliphatic carbocycles. The van der Waals surface area contributed by atoms with E-state index in [1.54, 1.807) is 6.08 Å². The lowest BCUT2D eigenvalue weighted by Gasteiger charge is -2.14. The maximum Gasteiger partial charge on any atom is 0.159 e. The standard InChI is InChI=1S/C35H39FN8/c1-5-29(25-16-27(36)19-28(17-25)38-11-14-43(3)4)33-31(6-2)39-35(40-33)34-30-18-24(9-10-32(30)41-42-34)26-15-23(20-37-21-26)22-44-12-7-8-13-44/h5-6,9-10,15-21,38H,2,7-8,11-14,22H2,1,3-4H3,(H,39,40)(H,41,42)/b29-5-. The van der Waals surface area contributed by atoms with Gasteiger partial charge in [-0.15, -0.1) is 0 Å². The van der Waals surface area contributed by atoms with Crippen molar-refractivity contribution in [3.05, 3.63) is 95.8 Å². The molecule has 9 heteroatoms. The highest BCUT2D eigenvalue weighted by atomic mass is 19.1. The van der Waals surface area contributed by atoms with Gasteiger partial charge in [0.15, 0.2) is 5.82 Å². The Morgan fingerprint density at radius 3 is 2.70 bits per heavy atom. The van der Waals surface area contributed by atoms with Crippen molar-refractivity contribution in [3.63, 3.8) is 0 Å². The summed E-state index contributed by atoms with van der Waals surface area (Å²) < 4.78 is 14.8. The number of aromatic amines is 2. The number of nitrogens with one attached hydrogen (secondary N) is 3. The molecular weight excluding hydrogens is 551 g/mol. The van der Waals surface area contributed by atoms with E-state index in [-0.39, 0.29) is 5.82 Å². The lowest BCUT2D eigenvalue weighted by molar-refractivity contribution is 0.331. The number of aromatic nitrogens is 5. The van der Waals surface area contributed by atoms with E-state index in [9.17, 15) is 4.39 Å². The zero-order chi connectivity index (χ0) is 30.6. The van der Waals surface area contributed by atoms with Gasteiger partial charge in [-0.1, -0.05) is 18.7 Å². The minimum absolute atomic E-state index is 0.310. The Balaban J connectivity index is 1.32. The highest BCUT2D eigenvalue weighted by molar-refractivity contribution is 5.95. The van der Waals surface area contributed by atoms with Crippen molar-refractivity contribution >= 4 is 28.2 Å². The largest absolute Gasteiger partial charge is 0.384 e. The quantitative estimate of drug-likeness (QED) is 0.157. The molecule has 4 heterocycles. The lowest BCUT2D eigenvalue weighted by Crippen LogP contribution is -2.20. The zero-order valence-electron chi connectivity index (χ0n) is 25.6. The molecule has 1 aliphatic heterocycles. The minimum atomic E-state index is -0.310. The normalized spacial score (nSPS) is 14.2. The van der Waals surface area contributed by atoms with Crippen LogP contribution in [-0.2, 0) is 6.54 Å². The molecule has 5 aromatic rings. The monoisotopic (exact) mass is 590 g/mol. The van der Waals surface area contributed by atoms with E-state index < -0.39 is 0 Å². The first-order chi connectivity index (χ1) is 21.4. The van der Waals surface area contributed by atoms with Crippen LogP contribution in [0.25, 0.3) is 45.2 Å². The number of allylic oxidation sites excluding steroid dienone is 1. The second-order valence-corrected chi connectivity index (χ2v) is 11.6. The molecule has 3 aromatic heterocycles. The Morgan fingerprint density at radius 1 is 1.09 bits per heavy atom. The minimum Gasteiger partial charge on any atom is -0.384 e. The van der Waals surface area contributed by atoms with E-state index >= 15 is 0 Å². The molecule has 0 amide bonds. The highest BCUT2D eigenvalue weighted by Gasteiger charge is 2.20. The van der Waals surface area contributed by atoms with Crippen LogP contribution in [0.5, 0.6) is 0 Å². The number of H-pyrrole nitrogens is 2. The number of benzene rings is 2. The summed E-state index contributed by atoms with van der Waals surface area (Å²) in [6.45, 7) is 10.7. The van der Waals surface area contributed by atoms with Gasteiger partial charge in [0.05, 0.1) is 16.9 Å². The van der Waals surface area contributed by atoms with Crippen molar-refractivity contribution in [2.45, 2.75) is 26.3 Å². The zero-order valence-corrected chi connectivity index (χ0v) is 25.6. The molecule has 2 aromatic carbocycles. The Morgan fingerprint density at radius 2 is 1.93 bits per heavy atom. The summed E-state index contributed by atoms with van der Waals surface area (Å²) >= 11 is 0. The van der Waals surface area contributed by atoms with Gasteiger partial charge in [-0.3, -0.25) is 15.0 Å². The molecule has 0 saturated carbocycles. The number of likely N-dealkylation sites (tertiary alicyclic amines) is 1. The van der Waals surface area contributed by atoms with Crippen LogP contribution in [0, 0.1) is 5.82 Å². The van der Waals surface area contributed by atoms with E-state index in [0.29, 0.717) is 23.8 Å². The number of anilines is 1. The fourth-order valence-electron chi connectivity index (χ4n) is 5.87. The first-order valence-corrected chi connectivity index (χ1v) is 15.2. The van der Waals surface area contributed by atoms with Crippen molar-refractivity contribution in [2.24, 2.45) is 0 Å². The first kappa shape index (κ1) is 29.5. The van der Waals surface area contributed by atoms with E-state index in [0.717, 1.165) is 70.7 Å². The SMILES string of the molecule is C=Cc1[nH]c(-c2n[nH]c3ccc(-c4cncc(CN5CCCC5)c4)cc23)nc1/C(=C\C)c1cc(F)cc(NCCN(C)C)c1. The smallest absolute Gasteiger partial charge is 0.159 e. The maximum absolute atomic E-state index is 14.8. The number of rotatable bonds is 11. The van der Waals surface area contributed by atoms with Crippen LogP contribution in [0.4, 0.5) is 10.1 Å². The predicted molar refractivity (Wildman–Crippen MR) is 178 cm³/mol. The second kappa shape index (κ2) is 13.0. The van der Waals surface area contributed by atoms with Crippen LogP contribution < -0.4 is 5.32 Å². The number of imidazole rings is 1. The van der Waals surface area contributed by atoms with Gasteiger partial charge in [-0.2, -0.15) is 5.10 Å². The summed E-state index contributed by atoms with van der Waals surface area (Å²) in [6, 6.07) is 13.5. The molecule has 6 rings (SSSR count). The van der Waals surface area contributed by atoms with Crippen molar-refractivity contribution < 1.29 is 4.39 Å². The number of hydrogen-bond acceptors (Lipinski definition) is 6. The number of pyridine rings is 1. The van der Waals surface area contributed by atoms with Crippen LogP contribution in [-0.4, -0.2) is 75.2 Å². The van der Waals surface area contributed by atoms with Gasteiger partial charge in [-0.05, 0) is 106 Å². The first-order valence-electron chi connectivity index (χ1n) is 15.2. The molecule has 0 bridgehead atoms. The number of halogens is 1. The van der Waals surface area contributed by atoms with Gasteiger partial charge in [0.1, 0.15) is 11.5 Å². The topological polar surface area (TPSA) is 88.8 Å². The number of nitrogens with zero attached hydrogens (tertiary/aromatic N) is 5. The molecule has 1 aliphatic rings. The molecule has 226 valence electrons. The number of likely N-dealkylation sites (N-methyl/N-ethyl adjacent to an activating group) is 1. The molecule has 1 saturated heterocycles. The van der Waals surface area contributed by atoms with Gasteiger partial charge in [0, 0.05) is 54.2 Å². The average molecular weight is 591 g/mol. The molecule has 0 atom stereocenters. The van der Waals surface area contributed by atoms with Gasteiger partial charge >= 0.3 is 0 Å². The van der Waals surface area contributed by atoms with E-state index in [4.69, 9.17) is 4.98 Å². The lowest BCUT2D eigenvalue weighted by atomic mass is 10.00. The van der Waals surface area contributed by atoms with Crippen molar-refractivity contribution in [3.8, 4) is 22.6 Å². The van der Waals surface area contributed by atoms with Crippen LogP contribution in [0.15, 0.2) is 67.5 Å². The highest BCUT2D eigenvalue weighted by Crippen LogP contribution is 2.34. The summed E-state index contributed by atoms with van der Waals surface area (Å²) in [6.07, 6.45) is 10.1. The molecule has 8 nitrogen and oxygen atoms in total. The van der Waals surface area contributed by atoms with Gasteiger partial charge in [0.25, 0.3) is 0 Å². The van der Waals surface area contributed by atoms with Crippen molar-refractivity contribution in [2.75, 3.05) is 45.6 Å². The predicted octanol–water partition coefficient (Wildman–Crippen LogP) is 6.82. The van der Waals surface area contributed by atoms with Crippen LogP contribution >= 0.6 is 0 Å². The maximum atomic E-state index is 14.8. The third-order valence-corrected chi connectivity index (χ3v) is 8.10. The molecule has 0 spiro atoms. The Hall–Kier alpha value is -4.60. The van der Waals surface area contributed by atoms with Gasteiger partial charge < -0.3 is 15.2 Å². The van der Waals surface area contributed by atoms with Crippen LogP contribution in [0.1, 0.15) is 42.3 Å². The molecule has 44 heavy (non-hydrogen) atoms. The van der Waals surface area contributed by atoms with Crippen LogP contribution in [0.2, 0.25) is 0 Å². The summed E-state index contributed by atoms with van der Waals surface area (Å²) in [7, 11) is 4.02. The summed E-state index contributed by atoms with van der Waals surface area (Å²) in [5.41, 5.74) is 8.66. The average Bonchev–Trinajstić information content (AvgIpc) is 3.77. The van der Waals surface area contributed by atoms with Gasteiger partial charge in [-0.25, -0.2) is 9.37 Å². The summed E-state index contributed by atoms with van der Waals surface area (Å²) in [5, 5.41) is 12.1. The van der Waals surface area contributed by atoms with Crippen LogP contribution in [0.3, 0.4) is 0 Å².